The first-order valence-electron chi connectivity index (χ1n) is 7.90. The lowest BCUT2D eigenvalue weighted by molar-refractivity contribution is -0.121. The van der Waals surface area contributed by atoms with E-state index in [1.165, 1.54) is 7.11 Å². The van der Waals surface area contributed by atoms with Crippen molar-refractivity contribution in [3.8, 4) is 11.5 Å². The highest BCUT2D eigenvalue weighted by Gasteiger charge is 2.20. The minimum absolute atomic E-state index is 0.0298. The number of rotatable bonds is 5. The molecule has 2 rings (SSSR count). The maximum Gasteiger partial charge on any atom is 0.224 e. The Labute approximate surface area is 132 Å². The number of hydrogen-bond acceptors (Lipinski definition) is 3. The smallest absolute Gasteiger partial charge is 0.224 e. The summed E-state index contributed by atoms with van der Waals surface area (Å²) >= 11 is 0. The second-order valence-corrected chi connectivity index (χ2v) is 5.89. The van der Waals surface area contributed by atoms with E-state index in [0.29, 0.717) is 18.1 Å². The molecular weight excluding hydrogens is 278 g/mol. The van der Waals surface area contributed by atoms with Gasteiger partial charge in [-0.25, -0.2) is 0 Å². The Hall–Kier alpha value is -1.97. The number of methoxy groups -OCH3 is 1. The molecule has 0 radical (unpaired) electrons. The molecule has 0 aromatic heterocycles. The first-order valence-corrected chi connectivity index (χ1v) is 7.90. The van der Waals surface area contributed by atoms with E-state index < -0.39 is 0 Å². The molecule has 1 aromatic carbocycles. The normalized spacial score (nSPS) is 21.7. The average molecular weight is 303 g/mol. The lowest BCUT2D eigenvalue weighted by Crippen LogP contribution is -2.38. The minimum atomic E-state index is 0.0298. The fourth-order valence-electron chi connectivity index (χ4n) is 3.02. The van der Waals surface area contributed by atoms with Gasteiger partial charge in [0.2, 0.25) is 5.91 Å². The zero-order valence-electron chi connectivity index (χ0n) is 13.3. The largest absolute Gasteiger partial charge is 0.504 e. The number of allylic oxidation sites excluding steroid dienone is 2. The molecule has 1 aromatic rings. The molecule has 0 bridgehead atoms. The van der Waals surface area contributed by atoms with Crippen molar-refractivity contribution in [3.63, 3.8) is 0 Å². The third-order valence-electron chi connectivity index (χ3n) is 4.21. The van der Waals surface area contributed by atoms with Crippen molar-refractivity contribution in [1.29, 1.82) is 0 Å². The van der Waals surface area contributed by atoms with Gasteiger partial charge in [-0.1, -0.05) is 18.2 Å². The van der Waals surface area contributed by atoms with Crippen molar-refractivity contribution < 1.29 is 14.6 Å². The van der Waals surface area contributed by atoms with Gasteiger partial charge in [-0.3, -0.25) is 4.79 Å². The molecule has 1 fully saturated rings. The second-order valence-electron chi connectivity index (χ2n) is 5.89. The van der Waals surface area contributed by atoms with E-state index >= 15 is 0 Å². The van der Waals surface area contributed by atoms with Crippen LogP contribution in [0.15, 0.2) is 30.4 Å². The maximum atomic E-state index is 12.1. The van der Waals surface area contributed by atoms with Gasteiger partial charge in [0.15, 0.2) is 11.5 Å². The highest BCUT2D eigenvalue weighted by atomic mass is 16.5. The minimum Gasteiger partial charge on any atom is -0.504 e. The number of carbonyl (C=O) groups excluding carboxylic acids is 1. The number of phenols is 1. The van der Waals surface area contributed by atoms with Gasteiger partial charge in [0.05, 0.1) is 13.5 Å². The molecule has 2 N–H and O–H groups in total. The van der Waals surface area contributed by atoms with E-state index in [0.717, 1.165) is 31.2 Å². The molecule has 1 amide bonds. The quantitative estimate of drug-likeness (QED) is 0.821. The molecule has 0 atom stereocenters. The molecule has 0 unspecified atom stereocenters. The van der Waals surface area contributed by atoms with Gasteiger partial charge < -0.3 is 15.2 Å². The van der Waals surface area contributed by atoms with Crippen LogP contribution in [0.5, 0.6) is 11.5 Å². The van der Waals surface area contributed by atoms with Crippen molar-refractivity contribution in [2.45, 2.75) is 45.1 Å². The molecule has 0 heterocycles. The van der Waals surface area contributed by atoms with E-state index in [2.05, 4.69) is 24.4 Å². The summed E-state index contributed by atoms with van der Waals surface area (Å²) in [6.45, 7) is 2.06. The molecule has 1 aliphatic carbocycles. The number of hydrogen-bond donors (Lipinski definition) is 2. The van der Waals surface area contributed by atoms with Gasteiger partial charge in [0.25, 0.3) is 0 Å². The Morgan fingerprint density at radius 1 is 1.36 bits per heavy atom. The van der Waals surface area contributed by atoms with Crippen LogP contribution in [0.25, 0.3) is 0 Å². The summed E-state index contributed by atoms with van der Waals surface area (Å²) in [6.07, 6.45) is 9.05. The molecule has 0 saturated heterocycles. The van der Waals surface area contributed by atoms with Crippen molar-refractivity contribution >= 4 is 5.91 Å². The predicted octanol–water partition coefficient (Wildman–Crippen LogP) is 3.19. The summed E-state index contributed by atoms with van der Waals surface area (Å²) in [5, 5.41) is 12.7. The van der Waals surface area contributed by atoms with Gasteiger partial charge in [-0.2, -0.15) is 0 Å². The van der Waals surface area contributed by atoms with Crippen LogP contribution in [-0.2, 0) is 11.2 Å². The first-order chi connectivity index (χ1) is 10.6. The number of nitrogens with one attached hydrogen (secondary N) is 1. The SMILES string of the molecule is C/C=C/C1CCC(NC(=O)Cc2ccc(O)c(OC)c2)CC1. The van der Waals surface area contributed by atoms with Crippen molar-refractivity contribution in [3.05, 3.63) is 35.9 Å². The Balaban J connectivity index is 1.83. The fraction of sp³-hybridized carbons (Fsp3) is 0.500. The second kappa shape index (κ2) is 7.87. The van der Waals surface area contributed by atoms with Crippen LogP contribution in [0.1, 0.15) is 38.2 Å². The number of carbonyl (C=O) groups is 1. The highest BCUT2D eigenvalue weighted by molar-refractivity contribution is 5.79. The molecule has 22 heavy (non-hydrogen) atoms. The summed E-state index contributed by atoms with van der Waals surface area (Å²) in [7, 11) is 1.50. The molecule has 1 saturated carbocycles. The maximum absolute atomic E-state index is 12.1. The lowest BCUT2D eigenvalue weighted by atomic mass is 9.86. The Kier molecular flexibility index (Phi) is 5.87. The van der Waals surface area contributed by atoms with E-state index in [1.54, 1.807) is 18.2 Å². The molecular formula is C18H25NO3. The van der Waals surface area contributed by atoms with Gasteiger partial charge >= 0.3 is 0 Å². The van der Waals surface area contributed by atoms with Crippen molar-refractivity contribution in [1.82, 2.24) is 5.32 Å². The molecule has 0 spiro atoms. The van der Waals surface area contributed by atoms with Gasteiger partial charge in [-0.05, 0) is 56.2 Å². The topological polar surface area (TPSA) is 58.6 Å². The van der Waals surface area contributed by atoms with Gasteiger partial charge in [0, 0.05) is 6.04 Å². The highest BCUT2D eigenvalue weighted by Crippen LogP contribution is 2.27. The standard InChI is InChI=1S/C18H25NO3/c1-3-4-13-5-8-15(9-6-13)19-18(21)12-14-7-10-16(20)17(11-14)22-2/h3-4,7,10-11,13,15,20H,5-6,8-9,12H2,1-2H3,(H,19,21)/b4-3+. The van der Waals surface area contributed by atoms with E-state index in [-0.39, 0.29) is 17.7 Å². The van der Waals surface area contributed by atoms with Crippen LogP contribution in [0.3, 0.4) is 0 Å². The monoisotopic (exact) mass is 303 g/mol. The zero-order chi connectivity index (χ0) is 15.9. The van der Waals surface area contributed by atoms with E-state index in [9.17, 15) is 9.90 Å². The summed E-state index contributed by atoms with van der Waals surface area (Å²) in [4.78, 5) is 12.1. The summed E-state index contributed by atoms with van der Waals surface area (Å²) in [5.74, 6) is 1.19. The molecule has 4 heteroatoms. The lowest BCUT2D eigenvalue weighted by Gasteiger charge is -2.27. The van der Waals surface area contributed by atoms with Crippen molar-refractivity contribution in [2.24, 2.45) is 5.92 Å². The summed E-state index contributed by atoms with van der Waals surface area (Å²) < 4.78 is 5.06. The third kappa shape index (κ3) is 4.52. The van der Waals surface area contributed by atoms with Crippen molar-refractivity contribution in [2.75, 3.05) is 7.11 Å². The van der Waals surface area contributed by atoms with Gasteiger partial charge in [-0.15, -0.1) is 0 Å². The number of ether oxygens (including phenoxy) is 1. The molecule has 0 aliphatic heterocycles. The Morgan fingerprint density at radius 2 is 2.09 bits per heavy atom. The number of aromatic hydroxyl groups is 1. The van der Waals surface area contributed by atoms with Gasteiger partial charge in [0.1, 0.15) is 0 Å². The average Bonchev–Trinajstić information content (AvgIpc) is 2.51. The Morgan fingerprint density at radius 3 is 2.73 bits per heavy atom. The molecule has 120 valence electrons. The van der Waals surface area contributed by atoms with E-state index in [1.807, 2.05) is 0 Å². The molecule has 1 aliphatic rings. The summed E-state index contributed by atoms with van der Waals surface area (Å²) in [5.41, 5.74) is 0.842. The van der Waals surface area contributed by atoms with Crippen LogP contribution in [0, 0.1) is 5.92 Å². The molecule has 4 nitrogen and oxygen atoms in total. The Bertz CT molecular complexity index is 531. The predicted molar refractivity (Wildman–Crippen MR) is 87.1 cm³/mol. The third-order valence-corrected chi connectivity index (χ3v) is 4.21. The fourth-order valence-corrected chi connectivity index (χ4v) is 3.02. The van der Waals surface area contributed by atoms with E-state index in [4.69, 9.17) is 4.74 Å². The first kappa shape index (κ1) is 16.4. The number of phenolic OH excluding ortho intramolecular Hbond substituents is 1. The van der Waals surface area contributed by atoms with Crippen LogP contribution in [0.2, 0.25) is 0 Å². The number of benzene rings is 1. The van der Waals surface area contributed by atoms with Crippen LogP contribution >= 0.6 is 0 Å². The zero-order valence-corrected chi connectivity index (χ0v) is 13.3. The van der Waals surface area contributed by atoms with Crippen LogP contribution < -0.4 is 10.1 Å². The van der Waals surface area contributed by atoms with Crippen LogP contribution in [-0.4, -0.2) is 24.2 Å². The number of amides is 1. The summed E-state index contributed by atoms with van der Waals surface area (Å²) in [6, 6.07) is 5.30. The van der Waals surface area contributed by atoms with Crippen LogP contribution in [0.4, 0.5) is 0 Å².